The maximum Gasteiger partial charge on any atom is 0.246 e. The highest BCUT2D eigenvalue weighted by Gasteiger charge is 2.12. The van der Waals surface area contributed by atoms with Crippen LogP contribution in [0.25, 0.3) is 10.1 Å². The minimum absolute atomic E-state index is 0.113. The average Bonchev–Trinajstić information content (AvgIpc) is 2.65. The summed E-state index contributed by atoms with van der Waals surface area (Å²) in [5.41, 5.74) is 1.04. The standard InChI is InChI=1S/C14H14FNOS/c1-4-14(17)16(3)8-13-9(2)11-7-10(15)5-6-12(11)18-13/h4-7H,1,8H2,2-3H3. The van der Waals surface area contributed by atoms with Crippen molar-refractivity contribution in [2.24, 2.45) is 0 Å². The molecule has 0 saturated heterocycles. The number of likely N-dealkylation sites (N-methyl/N-ethyl adjacent to an activating group) is 1. The van der Waals surface area contributed by atoms with Crippen molar-refractivity contribution in [3.63, 3.8) is 0 Å². The lowest BCUT2D eigenvalue weighted by Crippen LogP contribution is -2.23. The molecule has 2 rings (SSSR count). The predicted octanol–water partition coefficient (Wildman–Crippen LogP) is 3.49. The zero-order valence-electron chi connectivity index (χ0n) is 10.4. The summed E-state index contributed by atoms with van der Waals surface area (Å²) in [6, 6.07) is 4.78. The van der Waals surface area contributed by atoms with Crippen molar-refractivity contribution < 1.29 is 9.18 Å². The van der Waals surface area contributed by atoms with E-state index in [-0.39, 0.29) is 11.7 Å². The highest BCUT2D eigenvalue weighted by molar-refractivity contribution is 7.19. The summed E-state index contributed by atoms with van der Waals surface area (Å²) in [4.78, 5) is 14.1. The first-order chi connectivity index (χ1) is 8.52. The number of carbonyl (C=O) groups is 1. The number of fused-ring (bicyclic) bond motifs is 1. The number of carbonyl (C=O) groups excluding carboxylic acids is 1. The molecule has 2 aromatic rings. The zero-order chi connectivity index (χ0) is 13.3. The smallest absolute Gasteiger partial charge is 0.246 e. The monoisotopic (exact) mass is 263 g/mol. The van der Waals surface area contributed by atoms with Crippen LogP contribution in [0.5, 0.6) is 0 Å². The summed E-state index contributed by atoms with van der Waals surface area (Å²) >= 11 is 1.59. The summed E-state index contributed by atoms with van der Waals surface area (Å²) in [6.45, 7) is 5.95. The van der Waals surface area contributed by atoms with Gasteiger partial charge in [0.15, 0.2) is 0 Å². The van der Waals surface area contributed by atoms with Gasteiger partial charge in [0.1, 0.15) is 5.82 Å². The Labute approximate surface area is 109 Å². The van der Waals surface area contributed by atoms with E-state index in [9.17, 15) is 9.18 Å². The lowest BCUT2D eigenvalue weighted by molar-refractivity contribution is -0.125. The summed E-state index contributed by atoms with van der Waals surface area (Å²) in [6.07, 6.45) is 1.29. The van der Waals surface area contributed by atoms with Gasteiger partial charge in [0.2, 0.25) is 5.91 Å². The van der Waals surface area contributed by atoms with E-state index in [1.807, 2.05) is 6.92 Å². The first-order valence-electron chi connectivity index (χ1n) is 5.58. The molecule has 1 aromatic heterocycles. The fourth-order valence-electron chi connectivity index (χ4n) is 1.84. The third kappa shape index (κ3) is 2.29. The molecule has 18 heavy (non-hydrogen) atoms. The first kappa shape index (κ1) is 12.8. The average molecular weight is 263 g/mol. The van der Waals surface area contributed by atoms with Crippen LogP contribution >= 0.6 is 11.3 Å². The van der Waals surface area contributed by atoms with Gasteiger partial charge in [-0.1, -0.05) is 6.58 Å². The fraction of sp³-hybridized carbons (Fsp3) is 0.214. The molecular weight excluding hydrogens is 249 g/mol. The van der Waals surface area contributed by atoms with E-state index in [1.165, 1.54) is 12.1 Å². The third-order valence-corrected chi connectivity index (χ3v) is 4.19. The van der Waals surface area contributed by atoms with Gasteiger partial charge in [0.25, 0.3) is 0 Å². The molecule has 0 fully saturated rings. The molecule has 1 heterocycles. The van der Waals surface area contributed by atoms with Gasteiger partial charge >= 0.3 is 0 Å². The maximum absolute atomic E-state index is 13.2. The van der Waals surface area contributed by atoms with Crippen molar-refractivity contribution in [2.75, 3.05) is 7.05 Å². The molecule has 0 spiro atoms. The molecule has 94 valence electrons. The minimum atomic E-state index is -0.231. The summed E-state index contributed by atoms with van der Waals surface area (Å²) in [5, 5.41) is 0.925. The molecule has 0 aliphatic heterocycles. The van der Waals surface area contributed by atoms with Gasteiger partial charge in [0, 0.05) is 16.6 Å². The van der Waals surface area contributed by atoms with Crippen LogP contribution in [0.1, 0.15) is 10.4 Å². The Morgan fingerprint density at radius 3 is 2.94 bits per heavy atom. The number of hydrogen-bond acceptors (Lipinski definition) is 2. The van der Waals surface area contributed by atoms with Crippen LogP contribution in [0.4, 0.5) is 4.39 Å². The van der Waals surface area contributed by atoms with E-state index >= 15 is 0 Å². The van der Waals surface area contributed by atoms with Gasteiger partial charge in [-0.05, 0) is 42.1 Å². The number of hydrogen-bond donors (Lipinski definition) is 0. The van der Waals surface area contributed by atoms with E-state index in [1.54, 1.807) is 35.4 Å². The second-order valence-corrected chi connectivity index (χ2v) is 5.33. The van der Waals surface area contributed by atoms with E-state index < -0.39 is 0 Å². The van der Waals surface area contributed by atoms with Crippen molar-refractivity contribution in [2.45, 2.75) is 13.5 Å². The largest absolute Gasteiger partial charge is 0.337 e. The van der Waals surface area contributed by atoms with E-state index in [4.69, 9.17) is 0 Å². The van der Waals surface area contributed by atoms with Gasteiger partial charge in [-0.15, -0.1) is 11.3 Å². The highest BCUT2D eigenvalue weighted by Crippen LogP contribution is 2.31. The Hall–Kier alpha value is -1.68. The van der Waals surface area contributed by atoms with Gasteiger partial charge in [-0.2, -0.15) is 0 Å². The van der Waals surface area contributed by atoms with Crippen LogP contribution in [-0.2, 0) is 11.3 Å². The second kappa shape index (κ2) is 4.90. The van der Waals surface area contributed by atoms with Gasteiger partial charge in [0.05, 0.1) is 6.54 Å². The lowest BCUT2D eigenvalue weighted by atomic mass is 10.1. The molecule has 0 radical (unpaired) electrons. The maximum atomic E-state index is 13.2. The number of nitrogens with zero attached hydrogens (tertiary/aromatic N) is 1. The van der Waals surface area contributed by atoms with Crippen molar-refractivity contribution in [3.8, 4) is 0 Å². The summed E-state index contributed by atoms with van der Waals surface area (Å²) in [7, 11) is 1.73. The molecule has 0 saturated carbocycles. The minimum Gasteiger partial charge on any atom is -0.337 e. The second-order valence-electron chi connectivity index (χ2n) is 4.19. The molecule has 1 amide bonds. The van der Waals surface area contributed by atoms with Crippen LogP contribution in [-0.4, -0.2) is 17.9 Å². The van der Waals surface area contributed by atoms with Gasteiger partial charge in [-0.3, -0.25) is 4.79 Å². The van der Waals surface area contributed by atoms with Crippen molar-refractivity contribution in [1.82, 2.24) is 4.90 Å². The van der Waals surface area contributed by atoms with Crippen LogP contribution < -0.4 is 0 Å². The number of rotatable bonds is 3. The topological polar surface area (TPSA) is 20.3 Å². The Kier molecular flexibility index (Phi) is 3.48. The molecule has 4 heteroatoms. The molecule has 0 N–H and O–H groups in total. The molecule has 0 aliphatic carbocycles. The van der Waals surface area contributed by atoms with Gasteiger partial charge in [-0.25, -0.2) is 4.39 Å². The molecule has 0 unspecified atom stereocenters. The van der Waals surface area contributed by atoms with E-state index in [0.717, 1.165) is 20.5 Å². The Morgan fingerprint density at radius 2 is 2.28 bits per heavy atom. The van der Waals surface area contributed by atoms with Crippen LogP contribution in [0.2, 0.25) is 0 Å². The van der Waals surface area contributed by atoms with Crippen LogP contribution in [0.15, 0.2) is 30.9 Å². The number of amides is 1. The predicted molar refractivity (Wildman–Crippen MR) is 73.2 cm³/mol. The molecule has 0 bridgehead atoms. The van der Waals surface area contributed by atoms with Gasteiger partial charge < -0.3 is 4.90 Å². The van der Waals surface area contributed by atoms with Crippen molar-refractivity contribution in [3.05, 3.63) is 47.1 Å². The number of aryl methyl sites for hydroxylation is 1. The third-order valence-electron chi connectivity index (χ3n) is 2.93. The van der Waals surface area contributed by atoms with Crippen LogP contribution in [0, 0.1) is 12.7 Å². The molecular formula is C14H14FNOS. The Bertz CT molecular complexity index is 618. The van der Waals surface area contributed by atoms with E-state index in [2.05, 4.69) is 6.58 Å². The molecule has 2 nitrogen and oxygen atoms in total. The number of halogens is 1. The summed E-state index contributed by atoms with van der Waals surface area (Å²) < 4.78 is 14.2. The van der Waals surface area contributed by atoms with Crippen LogP contribution in [0.3, 0.4) is 0 Å². The lowest BCUT2D eigenvalue weighted by Gasteiger charge is -2.14. The van der Waals surface area contributed by atoms with Crippen molar-refractivity contribution >= 4 is 27.3 Å². The Morgan fingerprint density at radius 1 is 1.56 bits per heavy atom. The normalized spacial score (nSPS) is 10.6. The first-order valence-corrected chi connectivity index (χ1v) is 6.39. The Balaban J connectivity index is 2.37. The molecule has 0 aliphatic rings. The SMILES string of the molecule is C=CC(=O)N(C)Cc1sc2ccc(F)cc2c1C. The molecule has 0 atom stereocenters. The highest BCUT2D eigenvalue weighted by atomic mass is 32.1. The van der Waals surface area contributed by atoms with Crippen molar-refractivity contribution in [1.29, 1.82) is 0 Å². The zero-order valence-corrected chi connectivity index (χ0v) is 11.2. The van der Waals surface area contributed by atoms with E-state index in [0.29, 0.717) is 6.54 Å². The summed E-state index contributed by atoms with van der Waals surface area (Å²) in [5.74, 6) is -0.344. The number of benzene rings is 1. The fourth-order valence-corrected chi connectivity index (χ4v) is 3.09. The molecule has 1 aromatic carbocycles. The number of thiophene rings is 1. The quantitative estimate of drug-likeness (QED) is 0.776.